The molecule has 0 radical (unpaired) electrons. The topological polar surface area (TPSA) is 54.7 Å². The normalized spacial score (nSPS) is 18.5. The zero-order valence-electron chi connectivity index (χ0n) is 16.7. The van der Waals surface area contributed by atoms with Crippen LogP contribution in [0.25, 0.3) is 0 Å². The molecule has 1 fully saturated rings. The second-order valence-electron chi connectivity index (χ2n) is 7.90. The van der Waals surface area contributed by atoms with E-state index in [1.54, 1.807) is 0 Å². The highest BCUT2D eigenvalue weighted by Gasteiger charge is 2.25. The van der Waals surface area contributed by atoms with E-state index in [1.165, 1.54) is 30.4 Å². The molecule has 28 heavy (non-hydrogen) atoms. The van der Waals surface area contributed by atoms with Crippen LogP contribution in [-0.4, -0.2) is 43.7 Å². The first kappa shape index (κ1) is 19.2. The molecule has 0 bridgehead atoms. The number of carbonyl (C=O) groups is 1. The Morgan fingerprint density at radius 2 is 1.89 bits per heavy atom. The van der Waals surface area contributed by atoms with Crippen molar-refractivity contribution in [1.29, 1.82) is 0 Å². The van der Waals surface area contributed by atoms with Crippen LogP contribution in [0, 0.1) is 6.92 Å². The van der Waals surface area contributed by atoms with Crippen molar-refractivity contribution in [1.82, 2.24) is 10.2 Å². The summed E-state index contributed by atoms with van der Waals surface area (Å²) in [6.07, 6.45) is 5.28. The van der Waals surface area contributed by atoms with Gasteiger partial charge in [-0.25, -0.2) is 0 Å². The van der Waals surface area contributed by atoms with Crippen LogP contribution >= 0.6 is 0 Å². The maximum atomic E-state index is 12.6. The van der Waals surface area contributed by atoms with Crippen molar-refractivity contribution in [3.8, 4) is 0 Å². The molecular weight excluding hydrogens is 352 g/mol. The third-order valence-corrected chi connectivity index (χ3v) is 5.85. The lowest BCUT2D eigenvalue weighted by Gasteiger charge is -2.33. The summed E-state index contributed by atoms with van der Waals surface area (Å²) in [6, 6.07) is 10.6. The predicted molar refractivity (Wildman–Crippen MR) is 108 cm³/mol. The molecule has 2 aliphatic rings. The van der Waals surface area contributed by atoms with Gasteiger partial charge in [0.1, 0.15) is 11.5 Å². The molecule has 1 unspecified atom stereocenters. The van der Waals surface area contributed by atoms with E-state index >= 15 is 0 Å². The molecule has 1 atom stereocenters. The summed E-state index contributed by atoms with van der Waals surface area (Å²) in [4.78, 5) is 15.0. The average Bonchev–Trinajstić information content (AvgIpc) is 3.15. The van der Waals surface area contributed by atoms with E-state index in [1.807, 2.05) is 19.1 Å². The van der Waals surface area contributed by atoms with Gasteiger partial charge < -0.3 is 14.5 Å². The van der Waals surface area contributed by atoms with Gasteiger partial charge >= 0.3 is 0 Å². The molecule has 1 aromatic heterocycles. The first-order valence-electron chi connectivity index (χ1n) is 10.4. The van der Waals surface area contributed by atoms with E-state index < -0.39 is 0 Å². The number of amides is 1. The molecule has 5 nitrogen and oxygen atoms in total. The first-order valence-corrected chi connectivity index (χ1v) is 10.4. The second kappa shape index (κ2) is 8.93. The van der Waals surface area contributed by atoms with Gasteiger partial charge in [0.05, 0.1) is 25.7 Å². The summed E-state index contributed by atoms with van der Waals surface area (Å²) >= 11 is 0. The van der Waals surface area contributed by atoms with E-state index in [9.17, 15) is 4.79 Å². The summed E-state index contributed by atoms with van der Waals surface area (Å²) in [7, 11) is 0. The molecule has 1 saturated heterocycles. The van der Waals surface area contributed by atoms with Crippen LogP contribution in [0.4, 0.5) is 0 Å². The molecule has 5 heteroatoms. The second-order valence-corrected chi connectivity index (χ2v) is 7.90. The monoisotopic (exact) mass is 382 g/mol. The number of nitrogens with zero attached hydrogens (tertiary/aromatic N) is 1. The summed E-state index contributed by atoms with van der Waals surface area (Å²) in [5.74, 6) is 1.87. The minimum Gasteiger partial charge on any atom is -0.465 e. The number of benzene rings is 1. The average molecular weight is 383 g/mol. The number of ether oxygens (including phenoxy) is 1. The standard InChI is InChI=1S/C23H30N2O3/c1-17-6-9-22(28-17)21(25-10-12-27-13-11-25)16-24-23(26)15-18-7-8-19-4-2-3-5-20(19)14-18/h6-9,14,21H,2-5,10-13,15-16H2,1H3,(H,24,26). The van der Waals surface area contributed by atoms with Gasteiger partial charge in [-0.1, -0.05) is 18.2 Å². The zero-order valence-corrected chi connectivity index (χ0v) is 16.7. The highest BCUT2D eigenvalue weighted by atomic mass is 16.5. The summed E-state index contributed by atoms with van der Waals surface area (Å²) in [5, 5.41) is 3.13. The van der Waals surface area contributed by atoms with E-state index in [0.29, 0.717) is 13.0 Å². The Balaban J connectivity index is 1.38. The zero-order chi connectivity index (χ0) is 19.3. The molecule has 1 N–H and O–H groups in total. The number of carbonyl (C=O) groups excluding carboxylic acids is 1. The van der Waals surface area contributed by atoms with Gasteiger partial charge in [0.15, 0.2) is 0 Å². The molecule has 0 saturated carbocycles. The van der Waals surface area contributed by atoms with Gasteiger partial charge in [0.2, 0.25) is 5.91 Å². The van der Waals surface area contributed by atoms with Crippen molar-refractivity contribution in [2.45, 2.75) is 45.1 Å². The summed E-state index contributed by atoms with van der Waals surface area (Å²) in [5.41, 5.74) is 3.99. The highest BCUT2D eigenvalue weighted by molar-refractivity contribution is 5.78. The van der Waals surface area contributed by atoms with Gasteiger partial charge in [0, 0.05) is 19.6 Å². The number of fused-ring (bicyclic) bond motifs is 1. The van der Waals surface area contributed by atoms with Crippen LogP contribution in [0.3, 0.4) is 0 Å². The van der Waals surface area contributed by atoms with Crippen LogP contribution in [0.15, 0.2) is 34.7 Å². The quantitative estimate of drug-likeness (QED) is 0.834. The maximum absolute atomic E-state index is 12.6. The minimum atomic E-state index is 0.0464. The Morgan fingerprint density at radius 1 is 1.11 bits per heavy atom. The fourth-order valence-corrected chi connectivity index (χ4v) is 4.29. The minimum absolute atomic E-state index is 0.0464. The Labute approximate surface area is 167 Å². The van der Waals surface area contributed by atoms with Crippen LogP contribution in [0.1, 0.15) is 47.1 Å². The van der Waals surface area contributed by atoms with E-state index in [2.05, 4.69) is 28.4 Å². The molecule has 0 spiro atoms. The van der Waals surface area contributed by atoms with Crippen LogP contribution < -0.4 is 5.32 Å². The smallest absolute Gasteiger partial charge is 0.224 e. The number of aryl methyl sites for hydroxylation is 3. The fraction of sp³-hybridized carbons (Fsp3) is 0.522. The van der Waals surface area contributed by atoms with E-state index in [-0.39, 0.29) is 11.9 Å². The number of rotatable bonds is 6. The van der Waals surface area contributed by atoms with Gasteiger partial charge in [-0.15, -0.1) is 0 Å². The van der Waals surface area contributed by atoms with Gasteiger partial charge in [-0.2, -0.15) is 0 Å². The molecule has 1 amide bonds. The Bertz CT molecular complexity index is 808. The number of hydrogen-bond acceptors (Lipinski definition) is 4. The molecule has 1 aliphatic carbocycles. The maximum Gasteiger partial charge on any atom is 0.224 e. The van der Waals surface area contributed by atoms with Crippen LogP contribution in [-0.2, 0) is 28.8 Å². The predicted octanol–water partition coefficient (Wildman–Crippen LogP) is 3.20. The molecular formula is C23H30N2O3. The van der Waals surface area contributed by atoms with Crippen molar-refractivity contribution >= 4 is 5.91 Å². The van der Waals surface area contributed by atoms with Crippen molar-refractivity contribution in [3.63, 3.8) is 0 Å². The largest absolute Gasteiger partial charge is 0.465 e. The fourth-order valence-electron chi connectivity index (χ4n) is 4.29. The number of hydrogen-bond donors (Lipinski definition) is 1. The van der Waals surface area contributed by atoms with Crippen molar-refractivity contribution in [2.75, 3.05) is 32.8 Å². The van der Waals surface area contributed by atoms with Crippen molar-refractivity contribution in [2.24, 2.45) is 0 Å². The summed E-state index contributed by atoms with van der Waals surface area (Å²) < 4.78 is 11.4. The molecule has 4 rings (SSSR count). The van der Waals surface area contributed by atoms with Crippen LogP contribution in [0.5, 0.6) is 0 Å². The highest BCUT2D eigenvalue weighted by Crippen LogP contribution is 2.24. The lowest BCUT2D eigenvalue weighted by atomic mass is 9.90. The Kier molecular flexibility index (Phi) is 6.13. The molecule has 1 aliphatic heterocycles. The number of furan rings is 1. The Hall–Kier alpha value is -2.11. The Morgan fingerprint density at radius 3 is 2.64 bits per heavy atom. The van der Waals surface area contributed by atoms with Crippen LogP contribution in [0.2, 0.25) is 0 Å². The van der Waals surface area contributed by atoms with Gasteiger partial charge in [0.25, 0.3) is 0 Å². The molecule has 1 aromatic carbocycles. The van der Waals surface area contributed by atoms with E-state index in [4.69, 9.17) is 9.15 Å². The van der Waals surface area contributed by atoms with Crippen molar-refractivity contribution in [3.05, 3.63) is 58.5 Å². The van der Waals surface area contributed by atoms with Gasteiger partial charge in [-0.05, 0) is 61.4 Å². The van der Waals surface area contributed by atoms with Gasteiger partial charge in [-0.3, -0.25) is 9.69 Å². The first-order chi connectivity index (χ1) is 13.7. The van der Waals surface area contributed by atoms with Crippen molar-refractivity contribution < 1.29 is 13.9 Å². The lowest BCUT2D eigenvalue weighted by Crippen LogP contribution is -2.44. The SMILES string of the molecule is Cc1ccc(C(CNC(=O)Cc2ccc3c(c2)CCCC3)N2CCOCC2)o1. The number of morpholine rings is 1. The summed E-state index contributed by atoms with van der Waals surface area (Å²) in [6.45, 7) is 5.65. The molecule has 2 heterocycles. The molecule has 2 aromatic rings. The third kappa shape index (κ3) is 4.65. The van der Waals surface area contributed by atoms with E-state index in [0.717, 1.165) is 49.8 Å². The number of nitrogens with one attached hydrogen (secondary N) is 1. The lowest BCUT2D eigenvalue weighted by molar-refractivity contribution is -0.120. The third-order valence-electron chi connectivity index (χ3n) is 5.85. The molecule has 150 valence electrons.